The van der Waals surface area contributed by atoms with Crippen molar-refractivity contribution in [3.63, 3.8) is 0 Å². The number of aromatic nitrogens is 1. The topological polar surface area (TPSA) is 75.3 Å². The molecule has 0 N–H and O–H groups in total. The second-order valence-electron chi connectivity index (χ2n) is 7.14. The summed E-state index contributed by atoms with van der Waals surface area (Å²) in [5.74, 6) is -0.374. The van der Waals surface area contributed by atoms with E-state index >= 15 is 0 Å². The van der Waals surface area contributed by atoms with Crippen LogP contribution < -0.4 is 14.8 Å². The van der Waals surface area contributed by atoms with Gasteiger partial charge in [0, 0.05) is 13.1 Å². The number of amides is 1. The third kappa shape index (κ3) is 4.22. The maximum absolute atomic E-state index is 13.4. The van der Waals surface area contributed by atoms with Crippen molar-refractivity contribution in [2.24, 2.45) is 0 Å². The van der Waals surface area contributed by atoms with Crippen LogP contribution in [0.3, 0.4) is 0 Å². The van der Waals surface area contributed by atoms with E-state index in [-0.39, 0.29) is 17.0 Å². The summed E-state index contributed by atoms with van der Waals surface area (Å²) in [5, 5.41) is 9.93. The summed E-state index contributed by atoms with van der Waals surface area (Å²) < 4.78 is 7.63. The summed E-state index contributed by atoms with van der Waals surface area (Å²) in [6.45, 7) is 3.62. The van der Waals surface area contributed by atoms with Gasteiger partial charge in [0.05, 0.1) is 23.4 Å². The second kappa shape index (κ2) is 9.13. The van der Waals surface area contributed by atoms with Gasteiger partial charge in [0.15, 0.2) is 5.57 Å². The number of morpholine rings is 1. The summed E-state index contributed by atoms with van der Waals surface area (Å²) in [7, 11) is 0. The number of carbonyl (C=O) groups is 1. The lowest BCUT2D eigenvalue weighted by molar-refractivity contribution is -0.128. The minimum Gasteiger partial charge on any atom is -0.378 e. The number of rotatable bonds is 3. The zero-order valence-corrected chi connectivity index (χ0v) is 17.9. The molecule has 2 heterocycles. The molecule has 156 valence electrons. The Hall–Kier alpha value is -3.47. The van der Waals surface area contributed by atoms with Gasteiger partial charge >= 0.3 is 0 Å². The van der Waals surface area contributed by atoms with Crippen LogP contribution in [0.4, 0.5) is 0 Å². The number of nitrogens with zero attached hydrogens (tertiary/aromatic N) is 3. The zero-order valence-electron chi connectivity index (χ0n) is 17.1. The summed E-state index contributed by atoms with van der Waals surface area (Å²) in [6, 6.07) is 19.0. The summed E-state index contributed by atoms with van der Waals surface area (Å²) in [5.41, 5.74) is 2.14. The van der Waals surface area contributed by atoms with E-state index in [1.165, 1.54) is 15.9 Å². The van der Waals surface area contributed by atoms with E-state index in [4.69, 9.17) is 4.74 Å². The molecule has 0 spiro atoms. The van der Waals surface area contributed by atoms with Gasteiger partial charge in [-0.2, -0.15) is 5.26 Å². The van der Waals surface area contributed by atoms with Gasteiger partial charge in [0.25, 0.3) is 11.5 Å². The quantitative estimate of drug-likeness (QED) is 0.631. The van der Waals surface area contributed by atoms with Crippen LogP contribution >= 0.6 is 11.3 Å². The van der Waals surface area contributed by atoms with Gasteiger partial charge in [-0.25, -0.2) is 0 Å². The molecule has 7 heteroatoms. The molecule has 0 radical (unpaired) electrons. The van der Waals surface area contributed by atoms with Gasteiger partial charge in [0.1, 0.15) is 10.7 Å². The molecule has 1 aliphatic heterocycles. The van der Waals surface area contributed by atoms with Crippen LogP contribution in [0.25, 0.3) is 17.3 Å². The van der Waals surface area contributed by atoms with Gasteiger partial charge in [-0.05, 0) is 30.2 Å². The lowest BCUT2D eigenvalue weighted by Gasteiger charge is -2.26. The third-order valence-corrected chi connectivity index (χ3v) is 6.21. The lowest BCUT2D eigenvalue weighted by atomic mass is 10.2. The molecule has 1 saturated heterocycles. The largest absolute Gasteiger partial charge is 0.378 e. The molecule has 3 aromatic rings. The number of benzene rings is 2. The fourth-order valence-electron chi connectivity index (χ4n) is 3.50. The fourth-order valence-corrected chi connectivity index (χ4v) is 4.58. The number of para-hydroxylation sites is 1. The number of nitriles is 1. The molecule has 2 aromatic carbocycles. The minimum atomic E-state index is -0.374. The van der Waals surface area contributed by atoms with E-state index in [2.05, 4.69) is 6.07 Å². The molecule has 0 unspecified atom stereocenters. The van der Waals surface area contributed by atoms with Crippen LogP contribution in [0.15, 0.2) is 59.4 Å². The standard InChI is InChI=1S/C24H21N3O3S/c1-17-7-5-6-10-20(17)27-23(29)21(15-18-8-3-2-4-9-18)31-24(27)19(16-25)22(28)26-11-13-30-14-12-26/h2-10,15H,11-14H2,1H3/b21-15+,24-19-. The molecule has 0 saturated carbocycles. The van der Waals surface area contributed by atoms with Crippen molar-refractivity contribution >= 4 is 28.9 Å². The molecule has 1 aromatic heterocycles. The first kappa shape index (κ1) is 20.8. The van der Waals surface area contributed by atoms with Gasteiger partial charge in [0.2, 0.25) is 0 Å². The SMILES string of the molecule is Cc1ccccc1-n1c(=O)/c(=C\c2ccccc2)s/c1=C(/C#N)C(=O)N1CCOCC1. The first-order chi connectivity index (χ1) is 15.1. The molecule has 0 atom stereocenters. The first-order valence-electron chi connectivity index (χ1n) is 9.96. The normalized spacial score (nSPS) is 15.5. The molecule has 31 heavy (non-hydrogen) atoms. The van der Waals surface area contributed by atoms with Crippen molar-refractivity contribution in [2.45, 2.75) is 6.92 Å². The van der Waals surface area contributed by atoms with E-state index in [1.54, 1.807) is 11.0 Å². The summed E-state index contributed by atoms with van der Waals surface area (Å²) in [4.78, 5) is 28.2. The van der Waals surface area contributed by atoms with Crippen molar-refractivity contribution in [3.05, 3.63) is 85.3 Å². The average molecular weight is 432 g/mol. The highest BCUT2D eigenvalue weighted by Crippen LogP contribution is 2.11. The number of hydrogen-bond donors (Lipinski definition) is 0. The van der Waals surface area contributed by atoms with Gasteiger partial charge in [-0.15, -0.1) is 11.3 Å². The van der Waals surface area contributed by atoms with Crippen LogP contribution in [-0.2, 0) is 9.53 Å². The smallest absolute Gasteiger partial charge is 0.273 e. The van der Waals surface area contributed by atoms with Crippen molar-refractivity contribution in [1.82, 2.24) is 9.47 Å². The third-order valence-electron chi connectivity index (χ3n) is 5.12. The molecule has 1 aliphatic rings. The Bertz CT molecular complexity index is 1330. The Kier molecular flexibility index (Phi) is 6.12. The lowest BCUT2D eigenvalue weighted by Crippen LogP contribution is -2.42. The predicted octanol–water partition coefficient (Wildman–Crippen LogP) is 1.57. The Labute approximate surface area is 183 Å². The highest BCUT2D eigenvalue weighted by atomic mass is 32.1. The molecular formula is C24H21N3O3S. The monoisotopic (exact) mass is 431 g/mol. The van der Waals surface area contributed by atoms with Crippen LogP contribution in [0.2, 0.25) is 0 Å². The van der Waals surface area contributed by atoms with Crippen molar-refractivity contribution in [1.29, 1.82) is 5.26 Å². The van der Waals surface area contributed by atoms with E-state index in [0.29, 0.717) is 41.2 Å². The highest BCUT2D eigenvalue weighted by Gasteiger charge is 2.24. The van der Waals surface area contributed by atoms with Crippen molar-refractivity contribution < 1.29 is 9.53 Å². The van der Waals surface area contributed by atoms with Crippen LogP contribution in [0.5, 0.6) is 0 Å². The maximum atomic E-state index is 13.4. The summed E-state index contributed by atoms with van der Waals surface area (Å²) >= 11 is 1.17. The highest BCUT2D eigenvalue weighted by molar-refractivity contribution is 7.07. The molecule has 6 nitrogen and oxygen atoms in total. The van der Waals surface area contributed by atoms with E-state index in [1.807, 2.05) is 61.5 Å². The maximum Gasteiger partial charge on any atom is 0.273 e. The number of ether oxygens (including phenoxy) is 1. The number of carbonyl (C=O) groups excluding carboxylic acids is 1. The molecule has 0 aliphatic carbocycles. The Morgan fingerprint density at radius 1 is 1.10 bits per heavy atom. The molecule has 1 fully saturated rings. The minimum absolute atomic E-state index is 0.0278. The second-order valence-corrected chi connectivity index (χ2v) is 8.18. The van der Waals surface area contributed by atoms with E-state index in [9.17, 15) is 14.9 Å². The Morgan fingerprint density at radius 2 is 1.77 bits per heavy atom. The van der Waals surface area contributed by atoms with Gasteiger partial charge in [-0.1, -0.05) is 48.5 Å². The molecular weight excluding hydrogens is 410 g/mol. The summed E-state index contributed by atoms with van der Waals surface area (Å²) in [6.07, 6.45) is 1.79. The fraction of sp³-hybridized carbons (Fsp3) is 0.208. The number of aryl methyl sites for hydroxylation is 1. The number of hydrogen-bond acceptors (Lipinski definition) is 5. The Morgan fingerprint density at radius 3 is 2.45 bits per heavy atom. The average Bonchev–Trinajstić information content (AvgIpc) is 3.11. The van der Waals surface area contributed by atoms with E-state index < -0.39 is 0 Å². The Balaban J connectivity index is 2.01. The van der Waals surface area contributed by atoms with Crippen molar-refractivity contribution in [2.75, 3.05) is 26.3 Å². The number of thiazole rings is 1. The van der Waals surface area contributed by atoms with Crippen LogP contribution in [0, 0.1) is 18.3 Å². The van der Waals surface area contributed by atoms with Crippen molar-refractivity contribution in [3.8, 4) is 11.8 Å². The predicted molar refractivity (Wildman–Crippen MR) is 120 cm³/mol. The van der Waals surface area contributed by atoms with Gasteiger partial charge < -0.3 is 9.64 Å². The molecule has 1 amide bonds. The zero-order chi connectivity index (χ0) is 21.8. The molecule has 0 bridgehead atoms. The van der Waals surface area contributed by atoms with Gasteiger partial charge in [-0.3, -0.25) is 14.2 Å². The first-order valence-corrected chi connectivity index (χ1v) is 10.8. The van der Waals surface area contributed by atoms with Crippen LogP contribution in [0.1, 0.15) is 11.1 Å². The van der Waals surface area contributed by atoms with Crippen LogP contribution in [-0.4, -0.2) is 41.7 Å². The molecule has 4 rings (SSSR count). The van der Waals surface area contributed by atoms with E-state index in [0.717, 1.165) is 11.1 Å².